The SMILES string of the molecule is CC(=O)C1CCC2C3CCC4C(O)C(O)CCC4(C)C3CCC12C. The highest BCUT2D eigenvalue weighted by atomic mass is 16.3. The first-order valence-electron chi connectivity index (χ1n) is 10.2. The lowest BCUT2D eigenvalue weighted by Gasteiger charge is -2.61. The van der Waals surface area contributed by atoms with E-state index < -0.39 is 12.2 Å². The quantitative estimate of drug-likeness (QED) is 0.771. The van der Waals surface area contributed by atoms with Crippen molar-refractivity contribution in [2.75, 3.05) is 0 Å². The third-order valence-corrected chi connectivity index (χ3v) is 9.22. The summed E-state index contributed by atoms with van der Waals surface area (Å²) in [5.41, 5.74) is 0.389. The molecule has 2 N–H and O–H groups in total. The van der Waals surface area contributed by atoms with Crippen molar-refractivity contribution in [2.24, 2.45) is 40.4 Å². The maximum atomic E-state index is 12.2. The van der Waals surface area contributed by atoms with Gasteiger partial charge in [0.25, 0.3) is 0 Å². The summed E-state index contributed by atoms with van der Waals surface area (Å²) in [4.78, 5) is 12.2. The van der Waals surface area contributed by atoms with Crippen molar-refractivity contribution in [3.05, 3.63) is 0 Å². The molecule has 9 atom stereocenters. The average Bonchev–Trinajstić information content (AvgIpc) is 2.89. The third-order valence-electron chi connectivity index (χ3n) is 9.22. The van der Waals surface area contributed by atoms with E-state index in [9.17, 15) is 15.0 Å². The first-order valence-corrected chi connectivity index (χ1v) is 10.2. The van der Waals surface area contributed by atoms with E-state index >= 15 is 0 Å². The van der Waals surface area contributed by atoms with Crippen LogP contribution < -0.4 is 0 Å². The fourth-order valence-electron chi connectivity index (χ4n) is 7.98. The number of rotatable bonds is 1. The van der Waals surface area contributed by atoms with Gasteiger partial charge in [0.1, 0.15) is 5.78 Å². The van der Waals surface area contributed by atoms with E-state index in [0.29, 0.717) is 17.6 Å². The second-order valence-corrected chi connectivity index (χ2v) is 9.95. The molecule has 4 saturated carbocycles. The number of carbonyl (C=O) groups excluding carboxylic acids is 1. The molecule has 0 spiro atoms. The van der Waals surface area contributed by atoms with E-state index in [2.05, 4.69) is 13.8 Å². The van der Waals surface area contributed by atoms with E-state index in [-0.39, 0.29) is 22.7 Å². The lowest BCUT2D eigenvalue weighted by molar-refractivity contribution is -0.174. The van der Waals surface area contributed by atoms with E-state index in [1.807, 2.05) is 0 Å². The van der Waals surface area contributed by atoms with Crippen LogP contribution in [-0.4, -0.2) is 28.2 Å². The van der Waals surface area contributed by atoms with Gasteiger partial charge in [-0.05, 0) is 92.8 Å². The molecule has 0 aromatic heterocycles. The van der Waals surface area contributed by atoms with Crippen molar-refractivity contribution in [2.45, 2.75) is 84.3 Å². The Hall–Kier alpha value is -0.410. The number of hydrogen-bond acceptors (Lipinski definition) is 3. The zero-order valence-electron chi connectivity index (χ0n) is 15.5. The highest BCUT2D eigenvalue weighted by molar-refractivity contribution is 5.79. The fraction of sp³-hybridized carbons (Fsp3) is 0.952. The molecule has 0 radical (unpaired) electrons. The Morgan fingerprint density at radius 1 is 0.833 bits per heavy atom. The van der Waals surface area contributed by atoms with Crippen molar-refractivity contribution >= 4 is 5.78 Å². The molecule has 4 rings (SSSR count). The fourth-order valence-corrected chi connectivity index (χ4v) is 7.98. The minimum atomic E-state index is -0.536. The third kappa shape index (κ3) is 2.13. The summed E-state index contributed by atoms with van der Waals surface area (Å²) < 4.78 is 0. The Kier molecular flexibility index (Phi) is 3.93. The molecule has 4 fully saturated rings. The zero-order chi connectivity index (χ0) is 17.3. The summed E-state index contributed by atoms with van der Waals surface area (Å²) >= 11 is 0. The molecular weight excluding hydrogens is 300 g/mol. The lowest BCUT2D eigenvalue weighted by Crippen LogP contribution is -2.58. The van der Waals surface area contributed by atoms with Gasteiger partial charge in [0, 0.05) is 5.92 Å². The molecule has 0 saturated heterocycles. The molecule has 4 aliphatic rings. The number of hydrogen-bond donors (Lipinski definition) is 2. The van der Waals surface area contributed by atoms with Crippen molar-refractivity contribution in [1.29, 1.82) is 0 Å². The number of Topliss-reactive ketones (excluding diaryl/α,β-unsaturated/α-hetero) is 1. The van der Waals surface area contributed by atoms with E-state index in [1.165, 1.54) is 25.7 Å². The van der Waals surface area contributed by atoms with Gasteiger partial charge in [-0.3, -0.25) is 4.79 Å². The first-order chi connectivity index (χ1) is 11.3. The minimum Gasteiger partial charge on any atom is -0.390 e. The van der Waals surface area contributed by atoms with Gasteiger partial charge in [-0.2, -0.15) is 0 Å². The Labute approximate surface area is 146 Å². The monoisotopic (exact) mass is 334 g/mol. The van der Waals surface area contributed by atoms with Crippen molar-refractivity contribution < 1.29 is 15.0 Å². The number of aliphatic hydroxyl groups excluding tert-OH is 2. The van der Waals surface area contributed by atoms with Gasteiger partial charge in [-0.1, -0.05) is 13.8 Å². The van der Waals surface area contributed by atoms with E-state index in [0.717, 1.165) is 31.6 Å². The minimum absolute atomic E-state index is 0.178. The second kappa shape index (κ2) is 5.54. The Morgan fingerprint density at radius 3 is 2.17 bits per heavy atom. The van der Waals surface area contributed by atoms with Crippen LogP contribution in [0.3, 0.4) is 0 Å². The molecule has 0 aliphatic heterocycles. The molecule has 3 heteroatoms. The largest absolute Gasteiger partial charge is 0.390 e. The standard InChI is InChI=1S/C21H34O3/c1-12(22)14-6-7-15-13-4-5-17-19(24)18(23)9-11-21(17,3)16(13)8-10-20(14,15)2/h13-19,23-24H,4-11H2,1-3H3. The molecule has 9 unspecified atom stereocenters. The highest BCUT2D eigenvalue weighted by Crippen LogP contribution is 2.67. The van der Waals surface area contributed by atoms with Crippen LogP contribution in [0.15, 0.2) is 0 Å². The predicted octanol–water partition coefficient (Wildman–Crippen LogP) is 3.57. The summed E-state index contributed by atoms with van der Waals surface area (Å²) in [6.07, 6.45) is 7.64. The number of carbonyl (C=O) groups is 1. The van der Waals surface area contributed by atoms with Gasteiger partial charge in [0.15, 0.2) is 0 Å². The van der Waals surface area contributed by atoms with Crippen molar-refractivity contribution in [3.63, 3.8) is 0 Å². The molecule has 0 heterocycles. The van der Waals surface area contributed by atoms with Gasteiger partial charge < -0.3 is 10.2 Å². The summed E-state index contributed by atoms with van der Waals surface area (Å²) in [6, 6.07) is 0. The highest BCUT2D eigenvalue weighted by Gasteiger charge is 2.62. The van der Waals surface area contributed by atoms with Crippen LogP contribution in [0.2, 0.25) is 0 Å². The summed E-state index contributed by atoms with van der Waals surface area (Å²) in [6.45, 7) is 6.58. The van der Waals surface area contributed by atoms with Gasteiger partial charge in [-0.15, -0.1) is 0 Å². The van der Waals surface area contributed by atoms with Crippen LogP contribution >= 0.6 is 0 Å². The molecule has 0 bridgehead atoms. The van der Waals surface area contributed by atoms with E-state index in [4.69, 9.17) is 0 Å². The smallest absolute Gasteiger partial charge is 0.133 e. The first kappa shape index (κ1) is 17.0. The Balaban J connectivity index is 1.63. The molecule has 3 nitrogen and oxygen atoms in total. The molecule has 136 valence electrons. The summed E-state index contributed by atoms with van der Waals surface area (Å²) in [5, 5.41) is 20.7. The second-order valence-electron chi connectivity index (χ2n) is 9.95. The van der Waals surface area contributed by atoms with E-state index in [1.54, 1.807) is 6.92 Å². The molecule has 0 aromatic carbocycles. The van der Waals surface area contributed by atoms with Gasteiger partial charge in [0.2, 0.25) is 0 Å². The van der Waals surface area contributed by atoms with Crippen LogP contribution in [-0.2, 0) is 4.79 Å². The molecular formula is C21H34O3. The van der Waals surface area contributed by atoms with Crippen LogP contribution in [0.4, 0.5) is 0 Å². The summed E-state index contributed by atoms with van der Waals surface area (Å²) in [5.74, 6) is 3.00. The maximum Gasteiger partial charge on any atom is 0.133 e. The molecule has 0 amide bonds. The van der Waals surface area contributed by atoms with Crippen molar-refractivity contribution in [3.8, 4) is 0 Å². The topological polar surface area (TPSA) is 57.5 Å². The number of ketones is 1. The normalized spacial score (nSPS) is 57.0. The van der Waals surface area contributed by atoms with Gasteiger partial charge >= 0.3 is 0 Å². The Morgan fingerprint density at radius 2 is 1.46 bits per heavy atom. The van der Waals surface area contributed by atoms with Gasteiger partial charge in [-0.25, -0.2) is 0 Å². The van der Waals surface area contributed by atoms with Crippen LogP contribution in [0.5, 0.6) is 0 Å². The average molecular weight is 335 g/mol. The summed E-state index contributed by atoms with van der Waals surface area (Å²) in [7, 11) is 0. The zero-order valence-corrected chi connectivity index (χ0v) is 15.5. The van der Waals surface area contributed by atoms with Gasteiger partial charge in [0.05, 0.1) is 12.2 Å². The molecule has 24 heavy (non-hydrogen) atoms. The van der Waals surface area contributed by atoms with Crippen LogP contribution in [0.25, 0.3) is 0 Å². The maximum absolute atomic E-state index is 12.2. The molecule has 4 aliphatic carbocycles. The van der Waals surface area contributed by atoms with Crippen molar-refractivity contribution in [1.82, 2.24) is 0 Å². The van der Waals surface area contributed by atoms with Crippen LogP contribution in [0.1, 0.15) is 72.1 Å². The predicted molar refractivity (Wildman–Crippen MR) is 93.3 cm³/mol. The Bertz CT molecular complexity index is 531. The van der Waals surface area contributed by atoms with Crippen LogP contribution in [0, 0.1) is 40.4 Å². The number of fused-ring (bicyclic) bond motifs is 5. The molecule has 0 aromatic rings. The number of aliphatic hydroxyl groups is 2. The lowest BCUT2D eigenvalue weighted by atomic mass is 9.44.